The van der Waals surface area contributed by atoms with Gasteiger partial charge in [0.25, 0.3) is 0 Å². The largest absolute Gasteiger partial charge is 0.444 e. The van der Waals surface area contributed by atoms with E-state index in [4.69, 9.17) is 9.15 Å². The van der Waals surface area contributed by atoms with Gasteiger partial charge in [-0.1, -0.05) is 15.9 Å². The minimum atomic E-state index is -0.495. The third-order valence-corrected chi connectivity index (χ3v) is 5.25. The second-order valence-electron chi connectivity index (χ2n) is 7.99. The Morgan fingerprint density at radius 3 is 2.63 bits per heavy atom. The van der Waals surface area contributed by atoms with Crippen LogP contribution in [0.2, 0.25) is 0 Å². The van der Waals surface area contributed by atoms with E-state index in [9.17, 15) is 9.59 Å². The van der Waals surface area contributed by atoms with Gasteiger partial charge >= 0.3 is 11.8 Å². The minimum Gasteiger partial charge on any atom is -0.444 e. The minimum absolute atomic E-state index is 0.143. The number of ether oxygens (including phenoxy) is 1. The highest BCUT2D eigenvalue weighted by Gasteiger charge is 2.29. The van der Waals surface area contributed by atoms with E-state index < -0.39 is 5.60 Å². The van der Waals surface area contributed by atoms with Crippen molar-refractivity contribution in [2.75, 3.05) is 20.1 Å². The molecule has 1 amide bonds. The summed E-state index contributed by atoms with van der Waals surface area (Å²) in [5.74, 6) is -0.351. The van der Waals surface area contributed by atoms with Gasteiger partial charge in [-0.2, -0.15) is 0 Å². The maximum absolute atomic E-state index is 12.2. The predicted octanol–water partition coefficient (Wildman–Crippen LogP) is 3.65. The van der Waals surface area contributed by atoms with Crippen LogP contribution >= 0.6 is 15.9 Å². The molecule has 0 unspecified atom stereocenters. The Labute approximate surface area is 167 Å². The number of aromatic nitrogens is 1. The molecule has 3 rings (SSSR count). The third kappa shape index (κ3) is 4.73. The van der Waals surface area contributed by atoms with E-state index in [0.29, 0.717) is 12.3 Å². The van der Waals surface area contributed by atoms with Crippen LogP contribution in [0, 0.1) is 0 Å². The van der Waals surface area contributed by atoms with Crippen LogP contribution in [-0.2, 0) is 11.4 Å². The fraction of sp³-hybridized carbons (Fsp3) is 0.579. The van der Waals surface area contributed by atoms with Crippen LogP contribution < -0.4 is 5.76 Å². The summed E-state index contributed by atoms with van der Waals surface area (Å²) >= 11 is 3.39. The van der Waals surface area contributed by atoms with Gasteiger partial charge in [-0.05, 0) is 51.8 Å². The average molecular weight is 440 g/mol. The number of hydrogen-bond acceptors (Lipinski definition) is 5. The van der Waals surface area contributed by atoms with E-state index in [2.05, 4.69) is 20.8 Å². The van der Waals surface area contributed by atoms with Crippen LogP contribution in [-0.4, -0.2) is 52.2 Å². The van der Waals surface area contributed by atoms with E-state index in [-0.39, 0.29) is 17.9 Å². The molecule has 0 N–H and O–H groups in total. The van der Waals surface area contributed by atoms with Crippen molar-refractivity contribution in [2.24, 2.45) is 0 Å². The number of carbonyl (C=O) groups excluding carboxylic acids is 1. The molecule has 1 aliphatic heterocycles. The van der Waals surface area contributed by atoms with Crippen molar-refractivity contribution in [2.45, 2.75) is 51.9 Å². The van der Waals surface area contributed by atoms with Crippen LogP contribution in [0.5, 0.6) is 0 Å². The molecule has 2 heterocycles. The van der Waals surface area contributed by atoms with Gasteiger partial charge in [-0.3, -0.25) is 9.47 Å². The maximum atomic E-state index is 12.2. The second kappa shape index (κ2) is 7.67. The number of nitrogens with zero attached hydrogens (tertiary/aromatic N) is 3. The SMILES string of the molecule is CN(C(=O)OC(C)(C)C)C1CCN(Cn2c(=O)oc3cc(Br)ccc32)CC1. The van der Waals surface area contributed by atoms with Gasteiger partial charge in [0.2, 0.25) is 0 Å². The van der Waals surface area contributed by atoms with E-state index in [0.717, 1.165) is 35.9 Å². The Bertz CT molecular complexity index is 875. The number of piperidine rings is 1. The first-order chi connectivity index (χ1) is 12.6. The molecule has 7 nitrogen and oxygen atoms in total. The molecule has 0 radical (unpaired) electrons. The Morgan fingerprint density at radius 1 is 1.33 bits per heavy atom. The molecule has 0 spiro atoms. The predicted molar refractivity (Wildman–Crippen MR) is 107 cm³/mol. The number of halogens is 1. The molecule has 148 valence electrons. The first kappa shape index (κ1) is 19.9. The molecule has 0 aliphatic carbocycles. The fourth-order valence-corrected chi connectivity index (χ4v) is 3.65. The molecule has 0 atom stereocenters. The van der Waals surface area contributed by atoms with Gasteiger partial charge in [-0.15, -0.1) is 0 Å². The highest BCUT2D eigenvalue weighted by Crippen LogP contribution is 2.21. The number of oxazole rings is 1. The molecule has 1 aromatic heterocycles. The maximum Gasteiger partial charge on any atom is 0.421 e. The molecule has 0 bridgehead atoms. The summed E-state index contributed by atoms with van der Waals surface area (Å²) < 4.78 is 13.3. The van der Waals surface area contributed by atoms with Gasteiger partial charge < -0.3 is 14.1 Å². The zero-order chi connectivity index (χ0) is 19.8. The van der Waals surface area contributed by atoms with Crippen molar-refractivity contribution in [3.63, 3.8) is 0 Å². The topological polar surface area (TPSA) is 67.9 Å². The Hall–Kier alpha value is -1.80. The van der Waals surface area contributed by atoms with Crippen LogP contribution in [0.4, 0.5) is 4.79 Å². The summed E-state index contributed by atoms with van der Waals surface area (Å²) in [6, 6.07) is 5.73. The second-order valence-corrected chi connectivity index (χ2v) is 8.91. The molecule has 27 heavy (non-hydrogen) atoms. The lowest BCUT2D eigenvalue weighted by Gasteiger charge is -2.37. The molecule has 8 heteroatoms. The lowest BCUT2D eigenvalue weighted by Crippen LogP contribution is -2.47. The number of amides is 1. The molecule has 1 aromatic carbocycles. The smallest absolute Gasteiger partial charge is 0.421 e. The number of rotatable bonds is 3. The molecular formula is C19H26BrN3O4. The first-order valence-electron chi connectivity index (χ1n) is 9.11. The van der Waals surface area contributed by atoms with E-state index >= 15 is 0 Å². The summed E-state index contributed by atoms with van der Waals surface area (Å²) in [5, 5.41) is 0. The average Bonchev–Trinajstić information content (AvgIpc) is 2.88. The first-order valence-corrected chi connectivity index (χ1v) is 9.90. The molecule has 1 fully saturated rings. The summed E-state index contributed by atoms with van der Waals surface area (Å²) in [6.07, 6.45) is 1.39. The van der Waals surface area contributed by atoms with Crippen LogP contribution in [0.25, 0.3) is 11.1 Å². The van der Waals surface area contributed by atoms with E-state index in [1.54, 1.807) is 22.6 Å². The highest BCUT2D eigenvalue weighted by molar-refractivity contribution is 9.10. The van der Waals surface area contributed by atoms with Crippen molar-refractivity contribution in [3.8, 4) is 0 Å². The van der Waals surface area contributed by atoms with Gasteiger partial charge in [0, 0.05) is 30.7 Å². The van der Waals surface area contributed by atoms with Gasteiger partial charge in [-0.25, -0.2) is 9.59 Å². The molecule has 1 aliphatic rings. The number of likely N-dealkylation sites (tertiary alicyclic amines) is 1. The van der Waals surface area contributed by atoms with Crippen LogP contribution in [0.1, 0.15) is 33.6 Å². The number of fused-ring (bicyclic) bond motifs is 1. The monoisotopic (exact) mass is 439 g/mol. The van der Waals surface area contributed by atoms with Crippen molar-refractivity contribution in [1.82, 2.24) is 14.4 Å². The Balaban J connectivity index is 1.61. The summed E-state index contributed by atoms with van der Waals surface area (Å²) in [6.45, 7) is 7.68. The lowest BCUT2D eigenvalue weighted by atomic mass is 10.0. The lowest BCUT2D eigenvalue weighted by molar-refractivity contribution is 0.0137. The zero-order valence-electron chi connectivity index (χ0n) is 16.2. The molecule has 1 saturated heterocycles. The number of carbonyl (C=O) groups is 1. The molecular weight excluding hydrogens is 414 g/mol. The van der Waals surface area contributed by atoms with Gasteiger partial charge in [0.1, 0.15) is 5.60 Å². The van der Waals surface area contributed by atoms with Crippen molar-refractivity contribution >= 4 is 33.1 Å². The highest BCUT2D eigenvalue weighted by atomic mass is 79.9. The number of hydrogen-bond donors (Lipinski definition) is 0. The Morgan fingerprint density at radius 2 is 2.00 bits per heavy atom. The van der Waals surface area contributed by atoms with E-state index in [1.165, 1.54) is 0 Å². The summed E-state index contributed by atoms with van der Waals surface area (Å²) in [4.78, 5) is 28.3. The van der Waals surface area contributed by atoms with Gasteiger partial charge in [0.15, 0.2) is 5.58 Å². The molecule has 0 saturated carbocycles. The summed E-state index contributed by atoms with van der Waals surface area (Å²) in [7, 11) is 1.79. The van der Waals surface area contributed by atoms with Crippen molar-refractivity contribution in [1.29, 1.82) is 0 Å². The van der Waals surface area contributed by atoms with Crippen LogP contribution in [0.3, 0.4) is 0 Å². The van der Waals surface area contributed by atoms with Crippen molar-refractivity contribution in [3.05, 3.63) is 33.2 Å². The third-order valence-electron chi connectivity index (χ3n) is 4.76. The molecule has 2 aromatic rings. The number of benzene rings is 1. The van der Waals surface area contributed by atoms with E-state index in [1.807, 2.05) is 32.9 Å². The fourth-order valence-electron chi connectivity index (χ4n) is 3.31. The summed E-state index contributed by atoms with van der Waals surface area (Å²) in [5.41, 5.74) is 0.870. The zero-order valence-corrected chi connectivity index (χ0v) is 17.8. The van der Waals surface area contributed by atoms with Crippen LogP contribution in [0.15, 0.2) is 31.9 Å². The quantitative estimate of drug-likeness (QED) is 0.729. The standard InChI is InChI=1S/C19H26BrN3O4/c1-19(2,3)27-17(24)21(4)14-7-9-22(10-8-14)12-23-15-6-5-13(20)11-16(15)26-18(23)25/h5-6,11,14H,7-10,12H2,1-4H3. The van der Waals surface area contributed by atoms with Crippen molar-refractivity contribution < 1.29 is 13.9 Å². The Kier molecular flexibility index (Phi) is 5.67. The van der Waals surface area contributed by atoms with Gasteiger partial charge in [0.05, 0.1) is 12.2 Å². The normalized spacial score (nSPS) is 16.6.